The van der Waals surface area contributed by atoms with Gasteiger partial charge in [-0.1, -0.05) is 13.8 Å². The van der Waals surface area contributed by atoms with Crippen molar-refractivity contribution in [2.45, 2.75) is 45.3 Å². The lowest BCUT2D eigenvalue weighted by Crippen LogP contribution is -2.44. The van der Waals surface area contributed by atoms with Crippen LogP contribution in [0.1, 0.15) is 33.1 Å². The van der Waals surface area contributed by atoms with Crippen LogP contribution in [-0.4, -0.2) is 41.1 Å². The topological polar surface area (TPSA) is 66.6 Å². The van der Waals surface area contributed by atoms with Crippen LogP contribution in [-0.2, 0) is 4.79 Å². The summed E-state index contributed by atoms with van der Waals surface area (Å²) in [6, 6.07) is -0.369. The van der Waals surface area contributed by atoms with Gasteiger partial charge in [0.05, 0.1) is 12.1 Å². The number of likely N-dealkylation sites (tertiary alicyclic amines) is 1. The van der Waals surface area contributed by atoms with E-state index >= 15 is 0 Å². The van der Waals surface area contributed by atoms with E-state index < -0.39 is 0 Å². The van der Waals surface area contributed by atoms with E-state index in [-0.39, 0.29) is 18.1 Å². The summed E-state index contributed by atoms with van der Waals surface area (Å²) < 4.78 is 0. The van der Waals surface area contributed by atoms with Crippen LogP contribution in [0.25, 0.3) is 0 Å². The Kier molecular flexibility index (Phi) is 3.73. The molecule has 17 heavy (non-hydrogen) atoms. The molecule has 2 aliphatic rings. The number of hydrogen-bond donors (Lipinski definition) is 2. The summed E-state index contributed by atoms with van der Waals surface area (Å²) in [5, 5.41) is 9.81. The first kappa shape index (κ1) is 12.8. The predicted octanol–water partition coefficient (Wildman–Crippen LogP) is 0.589. The molecule has 3 N–H and O–H groups in total. The molecule has 0 aromatic rings. The molecule has 2 rings (SSSR count). The second-order valence-electron chi connectivity index (χ2n) is 6.05. The molecule has 1 saturated carbocycles. The number of carbonyl (C=O) groups is 1. The van der Waals surface area contributed by atoms with Gasteiger partial charge in [-0.2, -0.15) is 0 Å². The van der Waals surface area contributed by atoms with Crippen molar-refractivity contribution < 1.29 is 9.90 Å². The standard InChI is InChI=1S/C13H24N2O2/c1-8(2)5-11(14)13(17)15-6-9-3-4-12(16)10(9)7-15/h8-12,16H,3-7,14H2,1-2H3. The Hall–Kier alpha value is -0.610. The maximum atomic E-state index is 12.1. The minimum Gasteiger partial charge on any atom is -0.393 e. The third kappa shape index (κ3) is 2.63. The van der Waals surface area contributed by atoms with Gasteiger partial charge in [-0.15, -0.1) is 0 Å². The van der Waals surface area contributed by atoms with Crippen molar-refractivity contribution in [3.63, 3.8) is 0 Å². The molecule has 0 aromatic carbocycles. The average molecular weight is 240 g/mol. The van der Waals surface area contributed by atoms with E-state index in [1.807, 2.05) is 4.90 Å². The Morgan fingerprint density at radius 1 is 1.41 bits per heavy atom. The SMILES string of the molecule is CC(C)CC(N)C(=O)N1CC2CCC(O)C2C1. The van der Waals surface area contributed by atoms with Crippen molar-refractivity contribution in [3.8, 4) is 0 Å². The minimum atomic E-state index is -0.369. The van der Waals surface area contributed by atoms with E-state index in [1.165, 1.54) is 0 Å². The van der Waals surface area contributed by atoms with Gasteiger partial charge < -0.3 is 15.7 Å². The first-order chi connectivity index (χ1) is 7.99. The molecule has 4 heteroatoms. The fourth-order valence-corrected chi connectivity index (χ4v) is 3.26. The fraction of sp³-hybridized carbons (Fsp3) is 0.923. The van der Waals surface area contributed by atoms with E-state index in [1.54, 1.807) is 0 Å². The predicted molar refractivity (Wildman–Crippen MR) is 66.2 cm³/mol. The quantitative estimate of drug-likeness (QED) is 0.758. The van der Waals surface area contributed by atoms with Crippen LogP contribution in [0, 0.1) is 17.8 Å². The van der Waals surface area contributed by atoms with Crippen LogP contribution in [0.4, 0.5) is 0 Å². The molecule has 1 amide bonds. The number of nitrogens with two attached hydrogens (primary N) is 1. The molecule has 1 saturated heterocycles. The normalized spacial score (nSPS) is 34.2. The van der Waals surface area contributed by atoms with E-state index in [2.05, 4.69) is 13.8 Å². The summed E-state index contributed by atoms with van der Waals surface area (Å²) in [4.78, 5) is 14.0. The third-order valence-electron chi connectivity index (χ3n) is 4.17. The van der Waals surface area contributed by atoms with Gasteiger partial charge in [0.25, 0.3) is 0 Å². The molecule has 1 aliphatic carbocycles. The summed E-state index contributed by atoms with van der Waals surface area (Å²) in [6.07, 6.45) is 2.48. The van der Waals surface area contributed by atoms with Gasteiger partial charge in [0, 0.05) is 19.0 Å². The molecule has 0 aromatic heterocycles. The largest absolute Gasteiger partial charge is 0.393 e. The Labute approximate surface area is 103 Å². The summed E-state index contributed by atoms with van der Waals surface area (Å²) in [6.45, 7) is 5.66. The summed E-state index contributed by atoms with van der Waals surface area (Å²) >= 11 is 0. The van der Waals surface area contributed by atoms with Gasteiger partial charge in [0.15, 0.2) is 0 Å². The minimum absolute atomic E-state index is 0.0697. The van der Waals surface area contributed by atoms with Crippen LogP contribution in [0.15, 0.2) is 0 Å². The summed E-state index contributed by atoms with van der Waals surface area (Å²) in [5.41, 5.74) is 5.93. The number of aliphatic hydroxyl groups excluding tert-OH is 1. The van der Waals surface area contributed by atoms with Crippen LogP contribution >= 0.6 is 0 Å². The van der Waals surface area contributed by atoms with Crippen molar-refractivity contribution in [2.75, 3.05) is 13.1 Å². The van der Waals surface area contributed by atoms with E-state index in [0.29, 0.717) is 24.3 Å². The first-order valence-electron chi connectivity index (χ1n) is 6.71. The van der Waals surface area contributed by atoms with Gasteiger partial charge >= 0.3 is 0 Å². The number of rotatable bonds is 3. The van der Waals surface area contributed by atoms with E-state index in [4.69, 9.17) is 5.73 Å². The van der Waals surface area contributed by atoms with Crippen molar-refractivity contribution in [3.05, 3.63) is 0 Å². The molecule has 0 bridgehead atoms. The number of hydrogen-bond acceptors (Lipinski definition) is 3. The maximum absolute atomic E-state index is 12.1. The lowest BCUT2D eigenvalue weighted by Gasteiger charge is -2.23. The molecular weight excluding hydrogens is 216 g/mol. The highest BCUT2D eigenvalue weighted by Crippen LogP contribution is 2.38. The smallest absolute Gasteiger partial charge is 0.239 e. The van der Waals surface area contributed by atoms with E-state index in [9.17, 15) is 9.90 Å². The van der Waals surface area contributed by atoms with Crippen molar-refractivity contribution in [1.29, 1.82) is 0 Å². The number of nitrogens with zero attached hydrogens (tertiary/aromatic N) is 1. The second-order valence-corrected chi connectivity index (χ2v) is 6.05. The Bertz CT molecular complexity index is 293. The highest BCUT2D eigenvalue weighted by molar-refractivity contribution is 5.82. The monoisotopic (exact) mass is 240 g/mol. The number of carbonyl (C=O) groups excluding carboxylic acids is 1. The number of fused-ring (bicyclic) bond motifs is 1. The molecule has 98 valence electrons. The molecule has 1 aliphatic heterocycles. The molecule has 2 fully saturated rings. The van der Waals surface area contributed by atoms with Crippen LogP contribution < -0.4 is 5.73 Å². The number of amides is 1. The second kappa shape index (κ2) is 4.94. The van der Waals surface area contributed by atoms with Crippen LogP contribution in [0.5, 0.6) is 0 Å². The van der Waals surface area contributed by atoms with Gasteiger partial charge in [0.1, 0.15) is 0 Å². The van der Waals surface area contributed by atoms with Crippen molar-refractivity contribution in [1.82, 2.24) is 4.90 Å². The maximum Gasteiger partial charge on any atom is 0.239 e. The third-order valence-corrected chi connectivity index (χ3v) is 4.17. The van der Waals surface area contributed by atoms with Crippen LogP contribution in [0.3, 0.4) is 0 Å². The van der Waals surface area contributed by atoms with Gasteiger partial charge in [-0.05, 0) is 31.1 Å². The molecular formula is C13H24N2O2. The molecule has 4 atom stereocenters. The van der Waals surface area contributed by atoms with E-state index in [0.717, 1.165) is 25.8 Å². The Balaban J connectivity index is 1.90. The van der Waals surface area contributed by atoms with Gasteiger partial charge in [-0.25, -0.2) is 0 Å². The first-order valence-corrected chi connectivity index (χ1v) is 6.71. The zero-order valence-corrected chi connectivity index (χ0v) is 10.8. The van der Waals surface area contributed by atoms with Gasteiger partial charge in [-0.3, -0.25) is 4.79 Å². The highest BCUT2D eigenvalue weighted by atomic mass is 16.3. The van der Waals surface area contributed by atoms with Crippen molar-refractivity contribution >= 4 is 5.91 Å². The Morgan fingerprint density at radius 3 is 2.71 bits per heavy atom. The zero-order valence-electron chi connectivity index (χ0n) is 10.8. The molecule has 1 heterocycles. The van der Waals surface area contributed by atoms with Crippen LogP contribution in [0.2, 0.25) is 0 Å². The lowest BCUT2D eigenvalue weighted by molar-refractivity contribution is -0.132. The average Bonchev–Trinajstić information content (AvgIpc) is 2.79. The highest BCUT2D eigenvalue weighted by Gasteiger charge is 2.43. The lowest BCUT2D eigenvalue weighted by atomic mass is 10.00. The number of aliphatic hydroxyl groups is 1. The molecule has 0 radical (unpaired) electrons. The molecule has 4 nitrogen and oxygen atoms in total. The summed E-state index contributed by atoms with van der Waals surface area (Å²) in [7, 11) is 0. The fourth-order valence-electron chi connectivity index (χ4n) is 3.26. The molecule has 4 unspecified atom stereocenters. The molecule has 0 spiro atoms. The van der Waals surface area contributed by atoms with Gasteiger partial charge in [0.2, 0.25) is 5.91 Å². The van der Waals surface area contributed by atoms with Crippen molar-refractivity contribution in [2.24, 2.45) is 23.5 Å². The summed E-state index contributed by atoms with van der Waals surface area (Å²) in [5.74, 6) is 1.31. The Morgan fingerprint density at radius 2 is 2.12 bits per heavy atom. The zero-order chi connectivity index (χ0) is 12.6.